The largest absolute Gasteiger partial charge is 0.356 e. The minimum absolute atomic E-state index is 0.0839. The van der Waals surface area contributed by atoms with Gasteiger partial charge < -0.3 is 10.6 Å². The van der Waals surface area contributed by atoms with Crippen LogP contribution in [0.15, 0.2) is 0 Å². The van der Waals surface area contributed by atoms with Gasteiger partial charge in [0.15, 0.2) is 0 Å². The van der Waals surface area contributed by atoms with Crippen LogP contribution < -0.4 is 10.6 Å². The number of rotatable bonds is 33. The summed E-state index contributed by atoms with van der Waals surface area (Å²) < 4.78 is 0.0839. The van der Waals surface area contributed by atoms with E-state index in [0.29, 0.717) is 82.8 Å². The van der Waals surface area contributed by atoms with Crippen LogP contribution in [0, 0.1) is 32.5 Å². The minimum Gasteiger partial charge on any atom is -0.356 e. The monoisotopic (exact) mass is 1140 g/mol. The molecule has 2 amide bonds. The van der Waals surface area contributed by atoms with Gasteiger partial charge in [-0.1, -0.05) is 210 Å². The molecule has 0 aromatic carbocycles. The smallest absolute Gasteiger partial charge is 0.220 e. The van der Waals surface area contributed by atoms with Crippen molar-refractivity contribution in [2.75, 3.05) is 24.6 Å². The zero-order chi connectivity index (χ0) is 57.5. The van der Waals surface area contributed by atoms with Gasteiger partial charge in [0.05, 0.1) is 0 Å². The third-order valence-corrected chi connectivity index (χ3v) is 21.5. The van der Waals surface area contributed by atoms with Crippen molar-refractivity contribution in [1.82, 2.24) is 10.6 Å². The van der Waals surface area contributed by atoms with Crippen molar-refractivity contribution in [1.29, 1.82) is 0 Å². The maximum atomic E-state index is 12.1. The lowest BCUT2D eigenvalue weighted by Gasteiger charge is -2.25. The highest BCUT2D eigenvalue weighted by Crippen LogP contribution is 2.40. The van der Waals surface area contributed by atoms with E-state index in [2.05, 4.69) is 108 Å². The zero-order valence-electron chi connectivity index (χ0n) is 51.3. The molecule has 73 heavy (non-hydrogen) atoms. The van der Waals surface area contributed by atoms with E-state index in [1.807, 2.05) is 116 Å². The molecule has 0 fully saturated rings. The normalized spacial score (nSPS) is 13.9. The standard InChI is InChI=1S/2C20H39NO2S2.C19H36O2S2/c1-15(9-11-17(22)20(6,7)8)24-25-16(2)10-12-18(23)21-14-13-19(3,4)5;1-18(2,3)13-14-21-17(23)10-9-15-24-25-20(7,8)12-11-16(22)19(4,5)6;1-15(23-22-14-12-17(21)19(5,6)7)10-11-16(20)9-8-13-18(2,3)4/h15-16H,9-14H2,1-8H3,(H,21,23);9-15H2,1-8H3,(H,21,23);15H,8-14H2,1-7H3. The molecule has 3 atom stereocenters. The predicted octanol–water partition coefficient (Wildman–Crippen LogP) is 18.1. The van der Waals surface area contributed by atoms with E-state index in [1.54, 1.807) is 10.8 Å². The Morgan fingerprint density at radius 3 is 1.23 bits per heavy atom. The second kappa shape index (κ2) is 38.3. The molecule has 0 heterocycles. The van der Waals surface area contributed by atoms with Gasteiger partial charge in [-0.25, -0.2) is 0 Å². The fourth-order valence-electron chi connectivity index (χ4n) is 6.01. The van der Waals surface area contributed by atoms with E-state index in [1.165, 1.54) is 0 Å². The number of ketones is 4. The molecule has 0 saturated heterocycles. The van der Waals surface area contributed by atoms with Crippen LogP contribution >= 0.6 is 64.8 Å². The summed E-state index contributed by atoms with van der Waals surface area (Å²) in [6.07, 6.45) is 13.2. The van der Waals surface area contributed by atoms with Crippen molar-refractivity contribution in [3.63, 3.8) is 0 Å². The quantitative estimate of drug-likeness (QED) is 0.0480. The molecule has 432 valence electrons. The van der Waals surface area contributed by atoms with Crippen LogP contribution in [0.3, 0.4) is 0 Å². The Kier molecular flexibility index (Phi) is 40.4. The van der Waals surface area contributed by atoms with Gasteiger partial charge in [0, 0.05) is 106 Å². The predicted molar refractivity (Wildman–Crippen MR) is 334 cm³/mol. The molecule has 0 saturated carbocycles. The third-order valence-electron chi connectivity index (χ3n) is 11.6. The summed E-state index contributed by atoms with van der Waals surface area (Å²) in [5.41, 5.74) is 0.150. The maximum absolute atomic E-state index is 12.1. The highest BCUT2D eigenvalue weighted by atomic mass is 33.1. The van der Waals surface area contributed by atoms with Crippen LogP contribution in [0.4, 0.5) is 0 Å². The van der Waals surface area contributed by atoms with Crippen molar-refractivity contribution < 1.29 is 28.8 Å². The van der Waals surface area contributed by atoms with Crippen molar-refractivity contribution >= 4 is 99.7 Å². The van der Waals surface area contributed by atoms with Crippen LogP contribution in [0.1, 0.15) is 262 Å². The summed E-state index contributed by atoms with van der Waals surface area (Å²) in [5.74, 6) is 3.54. The van der Waals surface area contributed by atoms with E-state index >= 15 is 0 Å². The maximum Gasteiger partial charge on any atom is 0.220 e. The van der Waals surface area contributed by atoms with Crippen LogP contribution in [-0.2, 0) is 28.8 Å². The van der Waals surface area contributed by atoms with Gasteiger partial charge in [0.1, 0.15) is 23.1 Å². The van der Waals surface area contributed by atoms with Crippen molar-refractivity contribution in [3.05, 3.63) is 0 Å². The lowest BCUT2D eigenvalue weighted by atomic mass is 9.87. The van der Waals surface area contributed by atoms with Crippen LogP contribution in [0.2, 0.25) is 0 Å². The lowest BCUT2D eigenvalue weighted by molar-refractivity contribution is -0.127. The summed E-state index contributed by atoms with van der Waals surface area (Å²) in [5, 5.41) is 7.38. The summed E-state index contributed by atoms with van der Waals surface area (Å²) in [6.45, 7) is 50.0. The number of hydrogen-bond donors (Lipinski definition) is 2. The third kappa shape index (κ3) is 53.5. The number of carbonyl (C=O) groups excluding carboxylic acids is 6. The van der Waals surface area contributed by atoms with Gasteiger partial charge in [-0.05, 0) is 87.9 Å². The Morgan fingerprint density at radius 2 is 0.781 bits per heavy atom. The number of hydrogen-bond acceptors (Lipinski definition) is 12. The molecule has 0 aromatic heterocycles. The molecule has 0 spiro atoms. The molecule has 3 unspecified atom stereocenters. The molecular formula is C59H114N2O6S6. The second-order valence-corrected chi connectivity index (χ2v) is 36.7. The fourth-order valence-corrected chi connectivity index (χ4v) is 13.5. The first-order chi connectivity index (χ1) is 33.0. The SMILES string of the molecule is CC(C)(C)CCNC(=O)CCCSSC(C)(C)CCC(=O)C(C)(C)C.CC(CCC(=O)CCCC(C)(C)C)SSCCC(=O)C(C)(C)C.CC(CCC(=O)NCCC(C)(C)C)SSC(C)CCC(=O)C(C)(C)C. The Labute approximate surface area is 475 Å². The molecule has 0 rings (SSSR count). The molecule has 0 bridgehead atoms. The first-order valence-electron chi connectivity index (χ1n) is 27.5. The van der Waals surface area contributed by atoms with Crippen molar-refractivity contribution in [2.24, 2.45) is 32.5 Å². The molecule has 0 aliphatic carbocycles. The van der Waals surface area contributed by atoms with Gasteiger partial charge in [-0.15, -0.1) is 0 Å². The summed E-state index contributed by atoms with van der Waals surface area (Å²) in [6, 6.07) is 0. The Balaban J connectivity index is -0.00000101. The zero-order valence-corrected chi connectivity index (χ0v) is 56.2. The van der Waals surface area contributed by atoms with Crippen molar-refractivity contribution in [2.45, 2.75) is 282 Å². The molecule has 0 aliphatic rings. The van der Waals surface area contributed by atoms with Crippen LogP contribution in [0.25, 0.3) is 0 Å². The minimum atomic E-state index is -0.242. The second-order valence-electron chi connectivity index (χ2n) is 27.5. The fraction of sp³-hybridized carbons (Fsp3) is 0.898. The Bertz CT molecular complexity index is 1560. The number of carbonyl (C=O) groups is 6. The van der Waals surface area contributed by atoms with Crippen LogP contribution in [0.5, 0.6) is 0 Å². The molecule has 8 nitrogen and oxygen atoms in total. The summed E-state index contributed by atoms with van der Waals surface area (Å²) in [4.78, 5) is 71.4. The van der Waals surface area contributed by atoms with E-state index in [0.717, 1.165) is 88.8 Å². The van der Waals surface area contributed by atoms with Gasteiger partial charge in [0.2, 0.25) is 11.8 Å². The summed E-state index contributed by atoms with van der Waals surface area (Å²) >= 11 is 0. The molecule has 14 heteroatoms. The molecule has 0 radical (unpaired) electrons. The van der Waals surface area contributed by atoms with E-state index < -0.39 is 0 Å². The van der Waals surface area contributed by atoms with Gasteiger partial charge in [0.25, 0.3) is 0 Å². The van der Waals surface area contributed by atoms with E-state index in [9.17, 15) is 28.8 Å². The molecular weight excluding hydrogens is 1030 g/mol. The summed E-state index contributed by atoms with van der Waals surface area (Å²) in [7, 11) is 10.9. The van der Waals surface area contributed by atoms with E-state index in [-0.39, 0.29) is 43.6 Å². The topological polar surface area (TPSA) is 126 Å². The van der Waals surface area contributed by atoms with Gasteiger partial charge in [-0.2, -0.15) is 0 Å². The Morgan fingerprint density at radius 1 is 0.384 bits per heavy atom. The number of amides is 2. The number of Topliss-reactive ketones (excluding diaryl/α,β-unsaturated/α-hetero) is 4. The average Bonchev–Trinajstić information content (AvgIpc) is 3.21. The number of nitrogens with one attached hydrogen (secondary N) is 2. The first kappa shape index (κ1) is 77.0. The van der Waals surface area contributed by atoms with Gasteiger partial charge >= 0.3 is 0 Å². The Hall–Kier alpha value is -0.280. The van der Waals surface area contributed by atoms with Crippen molar-refractivity contribution in [3.8, 4) is 0 Å². The molecule has 0 aromatic rings. The molecule has 2 N–H and O–H groups in total. The van der Waals surface area contributed by atoms with Gasteiger partial charge in [-0.3, -0.25) is 28.8 Å². The highest BCUT2D eigenvalue weighted by Gasteiger charge is 2.27. The molecule has 0 aliphatic heterocycles. The first-order valence-corrected chi connectivity index (χ1v) is 34.5. The van der Waals surface area contributed by atoms with E-state index in [4.69, 9.17) is 0 Å². The lowest BCUT2D eigenvalue weighted by Crippen LogP contribution is -2.27. The average molecular weight is 1140 g/mol. The van der Waals surface area contributed by atoms with Crippen LogP contribution in [-0.4, -0.2) is 80.0 Å². The highest BCUT2D eigenvalue weighted by molar-refractivity contribution is 8.77.